The van der Waals surface area contributed by atoms with Gasteiger partial charge in [-0.1, -0.05) is 30.3 Å². The third kappa shape index (κ3) is 2.33. The number of hydrogen-bond donors (Lipinski definition) is 0. The number of anilines is 1. The zero-order valence-electron chi connectivity index (χ0n) is 12.1. The van der Waals surface area contributed by atoms with Crippen molar-refractivity contribution in [2.75, 3.05) is 19.1 Å². The molecule has 0 N–H and O–H groups in total. The molecule has 3 rings (SSSR count). The van der Waals surface area contributed by atoms with Gasteiger partial charge < -0.3 is 14.4 Å². The lowest BCUT2D eigenvalue weighted by Crippen LogP contribution is -2.46. The minimum absolute atomic E-state index is 0.0943. The van der Waals surface area contributed by atoms with Crippen molar-refractivity contribution < 1.29 is 14.3 Å². The van der Waals surface area contributed by atoms with Gasteiger partial charge in [0.1, 0.15) is 0 Å². The summed E-state index contributed by atoms with van der Waals surface area (Å²) in [5, 5.41) is 0. The first-order chi connectivity index (χ1) is 10.2. The molecule has 2 aromatic rings. The van der Waals surface area contributed by atoms with E-state index in [2.05, 4.69) is 0 Å². The second kappa shape index (κ2) is 5.48. The number of hydrogen-bond acceptors (Lipinski definition) is 3. The molecule has 1 aliphatic heterocycles. The number of methoxy groups -OCH3 is 2. The fourth-order valence-corrected chi connectivity index (χ4v) is 2.66. The molecule has 1 unspecified atom stereocenters. The van der Waals surface area contributed by atoms with E-state index in [9.17, 15) is 4.79 Å². The Labute approximate surface area is 123 Å². The summed E-state index contributed by atoms with van der Waals surface area (Å²) >= 11 is 0. The summed E-state index contributed by atoms with van der Waals surface area (Å²) in [7, 11) is 3.19. The fraction of sp³-hybridized carbons (Fsp3) is 0.235. The van der Waals surface area contributed by atoms with Crippen LogP contribution in [0.4, 0.5) is 5.69 Å². The Morgan fingerprint density at radius 1 is 1.00 bits per heavy atom. The van der Waals surface area contributed by atoms with E-state index in [0.717, 1.165) is 11.3 Å². The van der Waals surface area contributed by atoms with Crippen molar-refractivity contribution in [3.05, 3.63) is 54.1 Å². The van der Waals surface area contributed by atoms with Crippen molar-refractivity contribution >= 4 is 11.6 Å². The predicted octanol–water partition coefficient (Wildman–Crippen LogP) is 3.18. The van der Waals surface area contributed by atoms with Crippen LogP contribution in [0.5, 0.6) is 11.5 Å². The summed E-state index contributed by atoms with van der Waals surface area (Å²) < 4.78 is 10.5. The standard InChI is InChI=1S/C17H17NO3/c1-20-15-9-8-13(10-16(15)21-2)18-14(11-17(18)19)12-6-4-3-5-7-12/h3-10,14H,11H2,1-2H3. The molecule has 108 valence electrons. The van der Waals surface area contributed by atoms with Gasteiger partial charge in [0.2, 0.25) is 5.91 Å². The van der Waals surface area contributed by atoms with E-state index in [1.807, 2.05) is 48.5 Å². The molecule has 4 heteroatoms. The smallest absolute Gasteiger partial charge is 0.230 e. The second-order valence-electron chi connectivity index (χ2n) is 4.93. The number of carbonyl (C=O) groups is 1. The van der Waals surface area contributed by atoms with Gasteiger partial charge in [0.05, 0.1) is 26.7 Å². The molecule has 0 spiro atoms. The topological polar surface area (TPSA) is 38.8 Å². The number of benzene rings is 2. The highest BCUT2D eigenvalue weighted by Gasteiger charge is 2.38. The highest BCUT2D eigenvalue weighted by atomic mass is 16.5. The molecule has 2 aromatic carbocycles. The van der Waals surface area contributed by atoms with Crippen LogP contribution in [0.3, 0.4) is 0 Å². The Hall–Kier alpha value is -2.49. The monoisotopic (exact) mass is 283 g/mol. The molecule has 1 aliphatic rings. The number of amides is 1. The second-order valence-corrected chi connectivity index (χ2v) is 4.93. The van der Waals surface area contributed by atoms with E-state index in [0.29, 0.717) is 17.9 Å². The molecular formula is C17H17NO3. The molecule has 1 atom stereocenters. The predicted molar refractivity (Wildman–Crippen MR) is 80.8 cm³/mol. The van der Waals surface area contributed by atoms with Gasteiger partial charge in [-0.2, -0.15) is 0 Å². The van der Waals surface area contributed by atoms with Crippen molar-refractivity contribution in [1.29, 1.82) is 0 Å². The number of nitrogens with zero attached hydrogens (tertiary/aromatic N) is 1. The first-order valence-electron chi connectivity index (χ1n) is 6.83. The van der Waals surface area contributed by atoms with Crippen molar-refractivity contribution in [3.8, 4) is 11.5 Å². The molecule has 0 bridgehead atoms. The van der Waals surface area contributed by atoms with E-state index in [4.69, 9.17) is 9.47 Å². The molecule has 1 saturated heterocycles. The third-order valence-electron chi connectivity index (χ3n) is 3.78. The molecule has 0 saturated carbocycles. The summed E-state index contributed by atoms with van der Waals surface area (Å²) in [5.74, 6) is 1.41. The molecule has 4 nitrogen and oxygen atoms in total. The van der Waals surface area contributed by atoms with E-state index in [1.54, 1.807) is 19.1 Å². The number of carbonyl (C=O) groups excluding carboxylic acids is 1. The minimum atomic E-state index is 0.0943. The maximum Gasteiger partial charge on any atom is 0.230 e. The quantitative estimate of drug-likeness (QED) is 0.809. The van der Waals surface area contributed by atoms with Crippen molar-refractivity contribution in [2.45, 2.75) is 12.5 Å². The van der Waals surface area contributed by atoms with Crippen LogP contribution in [0.25, 0.3) is 0 Å². The molecule has 0 radical (unpaired) electrons. The number of ether oxygens (including phenoxy) is 2. The summed E-state index contributed by atoms with van der Waals surface area (Å²) in [6.45, 7) is 0. The van der Waals surface area contributed by atoms with Gasteiger partial charge in [-0.3, -0.25) is 4.79 Å². The largest absolute Gasteiger partial charge is 0.493 e. The molecule has 0 aromatic heterocycles. The lowest BCUT2D eigenvalue weighted by molar-refractivity contribution is -0.124. The maximum atomic E-state index is 12.0. The fourth-order valence-electron chi connectivity index (χ4n) is 2.66. The summed E-state index contributed by atoms with van der Waals surface area (Å²) in [4.78, 5) is 13.8. The molecular weight excluding hydrogens is 266 g/mol. The molecule has 1 amide bonds. The van der Waals surface area contributed by atoms with Crippen LogP contribution in [0, 0.1) is 0 Å². The van der Waals surface area contributed by atoms with E-state index < -0.39 is 0 Å². The van der Waals surface area contributed by atoms with Crippen LogP contribution in [-0.2, 0) is 4.79 Å². The van der Waals surface area contributed by atoms with Crippen molar-refractivity contribution in [2.24, 2.45) is 0 Å². The van der Waals surface area contributed by atoms with Gasteiger partial charge in [0.15, 0.2) is 11.5 Å². The highest BCUT2D eigenvalue weighted by Crippen LogP contribution is 2.41. The van der Waals surface area contributed by atoms with Gasteiger partial charge in [-0.25, -0.2) is 0 Å². The van der Waals surface area contributed by atoms with Crippen LogP contribution < -0.4 is 14.4 Å². The van der Waals surface area contributed by atoms with Gasteiger partial charge in [-0.15, -0.1) is 0 Å². The summed E-state index contributed by atoms with van der Waals surface area (Å²) in [5.41, 5.74) is 1.98. The van der Waals surface area contributed by atoms with Crippen LogP contribution in [0.2, 0.25) is 0 Å². The summed E-state index contributed by atoms with van der Waals surface area (Å²) in [6, 6.07) is 15.7. The number of rotatable bonds is 4. The van der Waals surface area contributed by atoms with Crippen LogP contribution in [0.1, 0.15) is 18.0 Å². The SMILES string of the molecule is COc1ccc(N2C(=O)CC2c2ccccc2)cc1OC. The lowest BCUT2D eigenvalue weighted by atomic mass is 9.93. The average Bonchev–Trinajstić information content (AvgIpc) is 2.53. The molecule has 1 heterocycles. The molecule has 1 fully saturated rings. The Morgan fingerprint density at radius 3 is 2.33 bits per heavy atom. The van der Waals surface area contributed by atoms with Gasteiger partial charge in [0, 0.05) is 11.8 Å². The van der Waals surface area contributed by atoms with Gasteiger partial charge >= 0.3 is 0 Å². The van der Waals surface area contributed by atoms with Crippen LogP contribution in [-0.4, -0.2) is 20.1 Å². The molecule has 0 aliphatic carbocycles. The Bertz CT molecular complexity index is 654. The first-order valence-corrected chi connectivity index (χ1v) is 6.83. The first kappa shape index (κ1) is 13.5. The maximum absolute atomic E-state index is 12.0. The van der Waals surface area contributed by atoms with E-state index >= 15 is 0 Å². The normalized spacial score (nSPS) is 17.3. The highest BCUT2D eigenvalue weighted by molar-refractivity contribution is 6.01. The van der Waals surface area contributed by atoms with Crippen molar-refractivity contribution in [1.82, 2.24) is 0 Å². The average molecular weight is 283 g/mol. The van der Waals surface area contributed by atoms with Crippen molar-refractivity contribution in [3.63, 3.8) is 0 Å². The van der Waals surface area contributed by atoms with Crippen LogP contribution in [0.15, 0.2) is 48.5 Å². The van der Waals surface area contributed by atoms with E-state index in [-0.39, 0.29) is 11.9 Å². The third-order valence-corrected chi connectivity index (χ3v) is 3.78. The lowest BCUT2D eigenvalue weighted by Gasteiger charge is -2.41. The summed E-state index contributed by atoms with van der Waals surface area (Å²) in [6.07, 6.45) is 0.540. The Morgan fingerprint density at radius 2 is 1.71 bits per heavy atom. The van der Waals surface area contributed by atoms with Gasteiger partial charge in [-0.05, 0) is 17.7 Å². The molecule has 21 heavy (non-hydrogen) atoms. The van der Waals surface area contributed by atoms with E-state index in [1.165, 1.54) is 0 Å². The van der Waals surface area contributed by atoms with Crippen LogP contribution >= 0.6 is 0 Å². The zero-order valence-corrected chi connectivity index (χ0v) is 12.1. The Balaban J connectivity index is 1.93. The number of β-lactam (4-membered cyclic amide) rings is 1. The zero-order chi connectivity index (χ0) is 14.8. The Kier molecular flexibility index (Phi) is 3.52. The van der Waals surface area contributed by atoms with Gasteiger partial charge in [0.25, 0.3) is 0 Å². The minimum Gasteiger partial charge on any atom is -0.493 e.